The molecule has 0 radical (unpaired) electrons. The van der Waals surface area contributed by atoms with Crippen LogP contribution in [0.3, 0.4) is 0 Å². The van der Waals surface area contributed by atoms with Gasteiger partial charge in [0, 0.05) is 5.69 Å². The average Bonchev–Trinajstić information content (AvgIpc) is 2.33. The summed E-state index contributed by atoms with van der Waals surface area (Å²) < 4.78 is 4.76. The molecule has 0 aromatic carbocycles. The van der Waals surface area contributed by atoms with E-state index in [0.717, 1.165) is 11.4 Å². The molecular formula is C8H12N2O2. The third kappa shape index (κ3) is 1.64. The predicted molar refractivity (Wildman–Crippen MR) is 44.0 cm³/mol. The lowest BCUT2D eigenvalue weighted by Crippen LogP contribution is -2.06. The molecule has 66 valence electrons. The van der Waals surface area contributed by atoms with Crippen LogP contribution in [-0.4, -0.2) is 22.5 Å². The van der Waals surface area contributed by atoms with Crippen molar-refractivity contribution < 1.29 is 9.53 Å². The van der Waals surface area contributed by atoms with Gasteiger partial charge in [-0.1, -0.05) is 0 Å². The normalized spacial score (nSPS) is 9.92. The summed E-state index contributed by atoms with van der Waals surface area (Å²) in [5, 5.41) is 0. The first-order valence-electron chi connectivity index (χ1n) is 3.85. The van der Waals surface area contributed by atoms with Crippen LogP contribution in [0.15, 0.2) is 0 Å². The molecule has 0 unspecified atom stereocenters. The number of hydrogen-bond acceptors (Lipinski definition) is 3. The number of nitrogens with one attached hydrogen (secondary N) is 1. The first-order chi connectivity index (χ1) is 5.65. The highest BCUT2D eigenvalue weighted by Crippen LogP contribution is 2.03. The first-order valence-corrected chi connectivity index (χ1v) is 3.85. The zero-order valence-corrected chi connectivity index (χ0v) is 7.47. The molecule has 0 spiro atoms. The minimum absolute atomic E-state index is 0.284. The molecular weight excluding hydrogens is 156 g/mol. The first kappa shape index (κ1) is 8.77. The van der Waals surface area contributed by atoms with Gasteiger partial charge in [0.1, 0.15) is 0 Å². The van der Waals surface area contributed by atoms with Gasteiger partial charge >= 0.3 is 5.97 Å². The highest BCUT2D eigenvalue weighted by molar-refractivity contribution is 5.85. The van der Waals surface area contributed by atoms with E-state index in [-0.39, 0.29) is 5.82 Å². The summed E-state index contributed by atoms with van der Waals surface area (Å²) in [5.41, 5.74) is 1.73. The monoisotopic (exact) mass is 168 g/mol. The Morgan fingerprint density at radius 1 is 1.58 bits per heavy atom. The van der Waals surface area contributed by atoms with Crippen molar-refractivity contribution in [2.24, 2.45) is 0 Å². The van der Waals surface area contributed by atoms with Crippen LogP contribution < -0.4 is 0 Å². The van der Waals surface area contributed by atoms with Gasteiger partial charge in [-0.3, -0.25) is 0 Å². The zero-order chi connectivity index (χ0) is 9.14. The largest absolute Gasteiger partial charge is 0.460 e. The lowest BCUT2D eigenvalue weighted by Gasteiger charge is -1.95. The Morgan fingerprint density at radius 2 is 2.25 bits per heavy atom. The van der Waals surface area contributed by atoms with E-state index >= 15 is 0 Å². The summed E-state index contributed by atoms with van der Waals surface area (Å²) in [6.07, 6.45) is 0. The number of carbonyl (C=O) groups is 1. The van der Waals surface area contributed by atoms with Crippen LogP contribution in [0.4, 0.5) is 0 Å². The third-order valence-electron chi connectivity index (χ3n) is 1.60. The SMILES string of the molecule is CCOC(=O)c1nc(C)c(C)[nH]1. The predicted octanol–water partition coefficient (Wildman–Crippen LogP) is 1.20. The Hall–Kier alpha value is -1.32. The topological polar surface area (TPSA) is 55.0 Å². The molecule has 0 aliphatic rings. The number of carbonyl (C=O) groups excluding carboxylic acids is 1. The summed E-state index contributed by atoms with van der Waals surface area (Å²) >= 11 is 0. The highest BCUT2D eigenvalue weighted by Gasteiger charge is 2.11. The average molecular weight is 168 g/mol. The van der Waals surface area contributed by atoms with E-state index in [0.29, 0.717) is 6.61 Å². The molecule has 0 aliphatic carbocycles. The second-order valence-corrected chi connectivity index (χ2v) is 2.52. The second-order valence-electron chi connectivity index (χ2n) is 2.52. The fraction of sp³-hybridized carbons (Fsp3) is 0.500. The number of ether oxygens (including phenoxy) is 1. The van der Waals surface area contributed by atoms with Gasteiger partial charge in [-0.05, 0) is 20.8 Å². The van der Waals surface area contributed by atoms with E-state index in [4.69, 9.17) is 4.74 Å². The molecule has 1 aromatic rings. The summed E-state index contributed by atoms with van der Waals surface area (Å²) in [5.74, 6) is -0.111. The molecule has 1 N–H and O–H groups in total. The van der Waals surface area contributed by atoms with Crippen molar-refractivity contribution in [3.8, 4) is 0 Å². The fourth-order valence-electron chi connectivity index (χ4n) is 0.844. The number of H-pyrrole nitrogens is 1. The fourth-order valence-corrected chi connectivity index (χ4v) is 0.844. The number of aromatic nitrogens is 2. The van der Waals surface area contributed by atoms with Gasteiger partial charge < -0.3 is 9.72 Å². The molecule has 0 amide bonds. The van der Waals surface area contributed by atoms with Crippen molar-refractivity contribution in [3.05, 3.63) is 17.2 Å². The lowest BCUT2D eigenvalue weighted by molar-refractivity contribution is 0.0513. The van der Waals surface area contributed by atoms with Crippen LogP contribution >= 0.6 is 0 Å². The van der Waals surface area contributed by atoms with Crippen molar-refractivity contribution in [2.75, 3.05) is 6.61 Å². The summed E-state index contributed by atoms with van der Waals surface area (Å²) in [4.78, 5) is 17.9. The van der Waals surface area contributed by atoms with E-state index in [2.05, 4.69) is 9.97 Å². The highest BCUT2D eigenvalue weighted by atomic mass is 16.5. The van der Waals surface area contributed by atoms with Gasteiger partial charge in [0.25, 0.3) is 0 Å². The molecule has 12 heavy (non-hydrogen) atoms. The molecule has 0 saturated carbocycles. The Balaban J connectivity index is 2.82. The van der Waals surface area contributed by atoms with E-state index < -0.39 is 5.97 Å². The molecule has 1 aromatic heterocycles. The standard InChI is InChI=1S/C8H12N2O2/c1-4-12-8(11)7-9-5(2)6(3)10-7/h4H2,1-3H3,(H,9,10). The summed E-state index contributed by atoms with van der Waals surface area (Å²) in [6.45, 7) is 5.85. The minimum Gasteiger partial charge on any atom is -0.460 e. The van der Waals surface area contributed by atoms with E-state index in [1.54, 1.807) is 6.92 Å². The van der Waals surface area contributed by atoms with Crippen molar-refractivity contribution in [1.29, 1.82) is 0 Å². The van der Waals surface area contributed by atoms with Crippen molar-refractivity contribution >= 4 is 5.97 Å². The third-order valence-corrected chi connectivity index (χ3v) is 1.60. The summed E-state index contributed by atoms with van der Waals surface area (Å²) in [7, 11) is 0. The molecule has 0 saturated heterocycles. The van der Waals surface area contributed by atoms with Crippen LogP contribution in [0, 0.1) is 13.8 Å². The quantitative estimate of drug-likeness (QED) is 0.675. The van der Waals surface area contributed by atoms with Gasteiger partial charge in [0.2, 0.25) is 5.82 Å². The number of hydrogen-bond donors (Lipinski definition) is 1. The maximum atomic E-state index is 11.1. The van der Waals surface area contributed by atoms with Gasteiger partial charge in [-0.2, -0.15) is 0 Å². The van der Waals surface area contributed by atoms with Crippen LogP contribution in [0.25, 0.3) is 0 Å². The number of rotatable bonds is 2. The second kappa shape index (κ2) is 3.38. The molecule has 4 nitrogen and oxygen atoms in total. The number of imidazole rings is 1. The van der Waals surface area contributed by atoms with Crippen LogP contribution in [0.2, 0.25) is 0 Å². The smallest absolute Gasteiger partial charge is 0.374 e. The van der Waals surface area contributed by atoms with Gasteiger partial charge in [-0.15, -0.1) is 0 Å². The van der Waals surface area contributed by atoms with E-state index in [1.807, 2.05) is 13.8 Å². The number of aryl methyl sites for hydroxylation is 2. The van der Waals surface area contributed by atoms with Crippen molar-refractivity contribution in [3.63, 3.8) is 0 Å². The van der Waals surface area contributed by atoms with Gasteiger partial charge in [0.15, 0.2) is 0 Å². The molecule has 4 heteroatoms. The minimum atomic E-state index is -0.395. The molecule has 0 atom stereocenters. The number of nitrogens with zero attached hydrogens (tertiary/aromatic N) is 1. The Labute approximate surface area is 71.0 Å². The Morgan fingerprint density at radius 3 is 2.67 bits per heavy atom. The maximum absolute atomic E-state index is 11.1. The maximum Gasteiger partial charge on any atom is 0.374 e. The molecule has 0 aliphatic heterocycles. The number of aromatic amines is 1. The number of esters is 1. The lowest BCUT2D eigenvalue weighted by atomic mass is 10.4. The molecule has 0 fully saturated rings. The van der Waals surface area contributed by atoms with Crippen LogP contribution in [-0.2, 0) is 4.74 Å². The van der Waals surface area contributed by atoms with E-state index in [9.17, 15) is 4.79 Å². The van der Waals surface area contributed by atoms with Crippen LogP contribution in [0.1, 0.15) is 28.9 Å². The molecule has 0 bridgehead atoms. The summed E-state index contributed by atoms with van der Waals surface area (Å²) in [6, 6.07) is 0. The zero-order valence-electron chi connectivity index (χ0n) is 7.47. The van der Waals surface area contributed by atoms with Crippen molar-refractivity contribution in [1.82, 2.24) is 9.97 Å². The molecule has 1 heterocycles. The Kier molecular flexibility index (Phi) is 2.47. The van der Waals surface area contributed by atoms with Crippen molar-refractivity contribution in [2.45, 2.75) is 20.8 Å². The van der Waals surface area contributed by atoms with Crippen LogP contribution in [0.5, 0.6) is 0 Å². The van der Waals surface area contributed by atoms with Gasteiger partial charge in [-0.25, -0.2) is 9.78 Å². The van der Waals surface area contributed by atoms with Gasteiger partial charge in [0.05, 0.1) is 12.3 Å². The van der Waals surface area contributed by atoms with E-state index in [1.165, 1.54) is 0 Å². The molecule has 1 rings (SSSR count). The Bertz CT molecular complexity index is 272.